The largest absolute Gasteiger partial charge is 0.306 e. The number of nitrogens with zero attached hydrogens (tertiary/aromatic N) is 1. The topological polar surface area (TPSA) is 3.24 Å². The fourth-order valence-corrected chi connectivity index (χ4v) is 3.26. The van der Waals surface area contributed by atoms with E-state index in [1.807, 2.05) is 0 Å². The predicted molar refractivity (Wildman–Crippen MR) is 68.5 cm³/mol. The second-order valence-corrected chi connectivity index (χ2v) is 5.33. The summed E-state index contributed by atoms with van der Waals surface area (Å²) in [6, 6.07) is 8.94. The average molecular weight is 213 g/mol. The highest BCUT2D eigenvalue weighted by atomic mass is 15.1. The number of benzene rings is 1. The Morgan fingerprint density at radius 2 is 1.81 bits per heavy atom. The van der Waals surface area contributed by atoms with E-state index in [-0.39, 0.29) is 0 Å². The Kier molecular flexibility index (Phi) is 2.18. The molecular weight excluding hydrogens is 194 g/mol. The summed E-state index contributed by atoms with van der Waals surface area (Å²) in [5.74, 6) is 0. The van der Waals surface area contributed by atoms with Crippen LogP contribution in [0.2, 0.25) is 0 Å². The molecule has 0 bridgehead atoms. The van der Waals surface area contributed by atoms with Crippen molar-refractivity contribution in [3.05, 3.63) is 41.5 Å². The summed E-state index contributed by atoms with van der Waals surface area (Å²) in [5, 5.41) is 0. The maximum atomic E-state index is 2.52. The van der Waals surface area contributed by atoms with Crippen LogP contribution < -0.4 is 0 Å². The van der Waals surface area contributed by atoms with Gasteiger partial charge in [0.25, 0.3) is 0 Å². The maximum Gasteiger partial charge on any atom is 0.0168 e. The van der Waals surface area contributed by atoms with Gasteiger partial charge in [-0.15, -0.1) is 0 Å². The molecule has 0 atom stereocenters. The third-order valence-electron chi connectivity index (χ3n) is 4.26. The number of allylic oxidation sites excluding steroid dienone is 2. The van der Waals surface area contributed by atoms with Crippen LogP contribution in [0.5, 0.6) is 0 Å². The Balaban J connectivity index is 2.05. The minimum absolute atomic E-state index is 0.354. The molecule has 84 valence electrons. The van der Waals surface area contributed by atoms with E-state index < -0.39 is 0 Å². The molecule has 1 fully saturated rings. The van der Waals surface area contributed by atoms with Crippen LogP contribution in [-0.4, -0.2) is 25.0 Å². The van der Waals surface area contributed by atoms with Gasteiger partial charge in [-0.2, -0.15) is 0 Å². The molecule has 1 nitrogen and oxygen atoms in total. The van der Waals surface area contributed by atoms with Crippen molar-refractivity contribution in [2.75, 3.05) is 20.1 Å². The highest BCUT2D eigenvalue weighted by Crippen LogP contribution is 2.46. The van der Waals surface area contributed by atoms with Crippen LogP contribution in [0.3, 0.4) is 0 Å². The summed E-state index contributed by atoms with van der Waals surface area (Å²) in [4.78, 5) is 2.44. The highest BCUT2D eigenvalue weighted by Gasteiger charge is 2.38. The van der Waals surface area contributed by atoms with Gasteiger partial charge in [-0.3, -0.25) is 0 Å². The van der Waals surface area contributed by atoms with Crippen LogP contribution in [-0.2, 0) is 5.41 Å². The Labute approximate surface area is 97.8 Å². The first-order valence-electron chi connectivity index (χ1n) is 6.19. The van der Waals surface area contributed by atoms with Crippen molar-refractivity contribution >= 4 is 5.57 Å². The van der Waals surface area contributed by atoms with Gasteiger partial charge < -0.3 is 4.90 Å². The van der Waals surface area contributed by atoms with E-state index in [9.17, 15) is 0 Å². The van der Waals surface area contributed by atoms with Gasteiger partial charge in [0.05, 0.1) is 0 Å². The summed E-state index contributed by atoms with van der Waals surface area (Å²) in [7, 11) is 2.23. The Hall–Kier alpha value is -1.08. The molecule has 0 saturated carbocycles. The van der Waals surface area contributed by atoms with Crippen LogP contribution in [0.4, 0.5) is 0 Å². The molecule has 16 heavy (non-hydrogen) atoms. The zero-order valence-electron chi connectivity index (χ0n) is 10.2. The molecule has 1 aliphatic carbocycles. The van der Waals surface area contributed by atoms with Crippen molar-refractivity contribution < 1.29 is 0 Å². The summed E-state index contributed by atoms with van der Waals surface area (Å²) in [5.41, 5.74) is 4.88. The van der Waals surface area contributed by atoms with Crippen LogP contribution >= 0.6 is 0 Å². The molecule has 1 aliphatic heterocycles. The summed E-state index contributed by atoms with van der Waals surface area (Å²) >= 11 is 0. The summed E-state index contributed by atoms with van der Waals surface area (Å²) in [6.45, 7) is 4.70. The zero-order chi connectivity index (χ0) is 11.2. The number of hydrogen-bond acceptors (Lipinski definition) is 1. The van der Waals surface area contributed by atoms with Gasteiger partial charge >= 0.3 is 0 Å². The molecule has 1 aromatic carbocycles. The Morgan fingerprint density at radius 3 is 2.56 bits per heavy atom. The number of likely N-dealkylation sites (tertiary alicyclic amines) is 1. The second-order valence-electron chi connectivity index (χ2n) is 5.33. The summed E-state index contributed by atoms with van der Waals surface area (Å²) in [6.07, 6.45) is 5.07. The number of rotatable bonds is 0. The molecular formula is C15H19N. The number of fused-ring (bicyclic) bond motifs is 2. The molecule has 0 amide bonds. The molecule has 2 aliphatic rings. The SMILES string of the molecule is CC1=CC2(CCN(C)CC2)c2ccccc21. The van der Waals surface area contributed by atoms with Crippen molar-refractivity contribution in [1.29, 1.82) is 0 Å². The average Bonchev–Trinajstić information content (AvgIpc) is 2.58. The van der Waals surface area contributed by atoms with E-state index in [1.54, 1.807) is 5.56 Å². The van der Waals surface area contributed by atoms with E-state index in [2.05, 4.69) is 49.2 Å². The normalized spacial score (nSPS) is 23.2. The summed E-state index contributed by atoms with van der Waals surface area (Å²) < 4.78 is 0. The minimum Gasteiger partial charge on any atom is -0.306 e. The maximum absolute atomic E-state index is 2.52. The first-order chi connectivity index (χ1) is 7.71. The first kappa shape index (κ1) is 10.1. The Morgan fingerprint density at radius 1 is 1.12 bits per heavy atom. The molecule has 0 unspecified atom stereocenters. The van der Waals surface area contributed by atoms with Gasteiger partial charge in [-0.05, 0) is 56.6 Å². The molecule has 1 heterocycles. The van der Waals surface area contributed by atoms with Crippen molar-refractivity contribution in [3.8, 4) is 0 Å². The quantitative estimate of drug-likeness (QED) is 0.640. The molecule has 1 saturated heterocycles. The third kappa shape index (κ3) is 1.35. The molecule has 0 N–H and O–H groups in total. The second kappa shape index (κ2) is 3.46. The van der Waals surface area contributed by atoms with E-state index in [1.165, 1.54) is 37.1 Å². The lowest BCUT2D eigenvalue weighted by molar-refractivity contribution is 0.219. The third-order valence-corrected chi connectivity index (χ3v) is 4.26. The zero-order valence-corrected chi connectivity index (χ0v) is 10.2. The monoisotopic (exact) mass is 213 g/mol. The van der Waals surface area contributed by atoms with E-state index in [0.29, 0.717) is 5.41 Å². The van der Waals surface area contributed by atoms with Gasteiger partial charge in [-0.25, -0.2) is 0 Å². The molecule has 1 aromatic rings. The first-order valence-corrected chi connectivity index (χ1v) is 6.19. The predicted octanol–water partition coefficient (Wildman–Crippen LogP) is 3.07. The lowest BCUT2D eigenvalue weighted by atomic mass is 9.75. The van der Waals surface area contributed by atoms with Gasteiger partial charge in [0.2, 0.25) is 0 Å². The fourth-order valence-electron chi connectivity index (χ4n) is 3.26. The van der Waals surface area contributed by atoms with Gasteiger partial charge in [0.1, 0.15) is 0 Å². The van der Waals surface area contributed by atoms with Crippen molar-refractivity contribution in [3.63, 3.8) is 0 Å². The van der Waals surface area contributed by atoms with Crippen LogP contribution in [0.1, 0.15) is 30.9 Å². The lowest BCUT2D eigenvalue weighted by Gasteiger charge is -2.37. The van der Waals surface area contributed by atoms with E-state index in [0.717, 1.165) is 0 Å². The molecule has 1 spiro atoms. The van der Waals surface area contributed by atoms with Crippen molar-refractivity contribution in [2.45, 2.75) is 25.2 Å². The lowest BCUT2D eigenvalue weighted by Crippen LogP contribution is -2.38. The van der Waals surface area contributed by atoms with Crippen LogP contribution in [0.15, 0.2) is 30.3 Å². The van der Waals surface area contributed by atoms with Crippen molar-refractivity contribution in [1.82, 2.24) is 4.90 Å². The standard InChI is InChI=1S/C15H19N/c1-12-11-15(7-9-16(2)10-8-15)14-6-4-3-5-13(12)14/h3-6,11H,7-10H2,1-2H3. The fraction of sp³-hybridized carbons (Fsp3) is 0.467. The van der Waals surface area contributed by atoms with Crippen molar-refractivity contribution in [2.24, 2.45) is 0 Å². The number of hydrogen-bond donors (Lipinski definition) is 0. The van der Waals surface area contributed by atoms with Gasteiger partial charge in [-0.1, -0.05) is 30.3 Å². The molecule has 1 heteroatoms. The van der Waals surface area contributed by atoms with Crippen LogP contribution in [0, 0.1) is 0 Å². The molecule has 0 aromatic heterocycles. The number of piperidine rings is 1. The molecule has 0 radical (unpaired) electrons. The Bertz CT molecular complexity index is 437. The van der Waals surface area contributed by atoms with Gasteiger partial charge in [0.15, 0.2) is 0 Å². The van der Waals surface area contributed by atoms with Crippen LogP contribution in [0.25, 0.3) is 5.57 Å². The smallest absolute Gasteiger partial charge is 0.0168 e. The van der Waals surface area contributed by atoms with E-state index in [4.69, 9.17) is 0 Å². The van der Waals surface area contributed by atoms with Gasteiger partial charge in [0, 0.05) is 5.41 Å². The molecule has 3 rings (SSSR count). The minimum atomic E-state index is 0.354. The van der Waals surface area contributed by atoms with E-state index >= 15 is 0 Å². The highest BCUT2D eigenvalue weighted by molar-refractivity contribution is 5.75.